The summed E-state index contributed by atoms with van der Waals surface area (Å²) in [5.41, 5.74) is 0. The summed E-state index contributed by atoms with van der Waals surface area (Å²) in [6, 6.07) is 0. The van der Waals surface area contributed by atoms with Crippen LogP contribution in [0.25, 0.3) is 0 Å². The maximum absolute atomic E-state index is 8.07. The molecule has 0 radical (unpaired) electrons. The van der Waals surface area contributed by atoms with Crippen molar-refractivity contribution in [1.82, 2.24) is 0 Å². The fraction of sp³-hybridized carbons (Fsp3) is 0.556. The van der Waals surface area contributed by atoms with Crippen LogP contribution < -0.4 is 12.4 Å². The molecule has 1 N–H and O–H groups in total. The molecule has 1 aliphatic rings. The smallest absolute Gasteiger partial charge is 1.00 e. The third-order valence-electron chi connectivity index (χ3n) is 1.10. The first kappa shape index (κ1) is 18.4. The Balaban J connectivity index is -0.000000116. The van der Waals surface area contributed by atoms with Crippen molar-refractivity contribution in [2.75, 3.05) is 6.61 Å². The van der Waals surface area contributed by atoms with E-state index >= 15 is 0 Å². The third-order valence-corrected chi connectivity index (χ3v) is 1.10. The van der Waals surface area contributed by atoms with E-state index in [9.17, 15) is 0 Å². The normalized spacial score (nSPS) is 10.8. The molecule has 0 aromatic rings. The van der Waals surface area contributed by atoms with E-state index in [1.54, 1.807) is 0 Å². The largest absolute Gasteiger partial charge is 2.00 e. The van der Waals surface area contributed by atoms with Gasteiger partial charge in [0, 0.05) is 6.61 Å². The molecule has 0 heterocycles. The van der Waals surface area contributed by atoms with E-state index in [1.165, 1.54) is 0 Å². The molecule has 0 atom stereocenters. The molecule has 0 unspecified atom stereocenters. The van der Waals surface area contributed by atoms with E-state index in [0.29, 0.717) is 6.61 Å². The molecule has 0 aromatic heterocycles. The van der Waals surface area contributed by atoms with Crippen LogP contribution in [0, 0.1) is 6.08 Å². The number of unbranched alkanes of at least 4 members (excludes halogenated alkanes) is 1. The molecule has 0 aliphatic heterocycles. The Hall–Kier alpha value is 0.613. The van der Waals surface area contributed by atoms with E-state index in [1.807, 2.05) is 12.2 Å². The SMILES string of the molecule is CCCCO.[C-]1=CC=CC1.[Cl-].[Zr+2]. The second-order valence-electron chi connectivity index (χ2n) is 2.08. The third kappa shape index (κ3) is 16.9. The van der Waals surface area contributed by atoms with E-state index in [2.05, 4.69) is 19.1 Å². The first-order valence-corrected chi connectivity index (χ1v) is 3.74. The number of hydrogen-bond acceptors (Lipinski definition) is 1. The Morgan fingerprint density at radius 1 is 1.50 bits per heavy atom. The van der Waals surface area contributed by atoms with Crippen LogP contribution in [0.1, 0.15) is 26.2 Å². The van der Waals surface area contributed by atoms with Gasteiger partial charge >= 0.3 is 26.2 Å². The van der Waals surface area contributed by atoms with Crippen molar-refractivity contribution >= 4 is 0 Å². The summed E-state index contributed by atoms with van der Waals surface area (Å²) in [6.45, 7) is 2.40. The summed E-state index contributed by atoms with van der Waals surface area (Å²) in [7, 11) is 0. The maximum Gasteiger partial charge on any atom is 2.00 e. The fourth-order valence-electron chi connectivity index (χ4n) is 0.498. The zero-order chi connectivity index (χ0) is 7.66. The van der Waals surface area contributed by atoms with Gasteiger partial charge in [0.05, 0.1) is 0 Å². The molecule has 0 saturated carbocycles. The van der Waals surface area contributed by atoms with Gasteiger partial charge in [-0.2, -0.15) is 6.08 Å². The molecule has 0 bridgehead atoms. The molecule has 1 aliphatic carbocycles. The molecule has 0 aromatic carbocycles. The fourth-order valence-corrected chi connectivity index (χ4v) is 0.498. The molecule has 0 spiro atoms. The average molecular weight is 266 g/mol. The molecule has 68 valence electrons. The number of aliphatic hydroxyl groups is 1. The molecular weight excluding hydrogens is 251 g/mol. The van der Waals surface area contributed by atoms with Gasteiger partial charge in [-0.25, -0.2) is 12.2 Å². The predicted molar refractivity (Wildman–Crippen MR) is 43.6 cm³/mol. The van der Waals surface area contributed by atoms with Crippen LogP contribution >= 0.6 is 0 Å². The average Bonchev–Trinajstić information content (AvgIpc) is 2.44. The Morgan fingerprint density at radius 3 is 2.25 bits per heavy atom. The van der Waals surface area contributed by atoms with E-state index in [0.717, 1.165) is 19.3 Å². The van der Waals surface area contributed by atoms with Crippen molar-refractivity contribution in [1.29, 1.82) is 0 Å². The van der Waals surface area contributed by atoms with E-state index < -0.39 is 0 Å². The van der Waals surface area contributed by atoms with Crippen LogP contribution in [0.3, 0.4) is 0 Å². The van der Waals surface area contributed by atoms with Crippen LogP contribution in [0.15, 0.2) is 18.2 Å². The van der Waals surface area contributed by atoms with Crippen molar-refractivity contribution < 1.29 is 43.7 Å². The Labute approximate surface area is 100 Å². The molecule has 12 heavy (non-hydrogen) atoms. The zero-order valence-electron chi connectivity index (χ0n) is 7.39. The summed E-state index contributed by atoms with van der Waals surface area (Å²) >= 11 is 0. The summed E-state index contributed by atoms with van der Waals surface area (Å²) < 4.78 is 0. The summed E-state index contributed by atoms with van der Waals surface area (Å²) in [4.78, 5) is 0. The molecule has 0 amide bonds. The van der Waals surface area contributed by atoms with Gasteiger partial charge in [-0.1, -0.05) is 13.3 Å². The van der Waals surface area contributed by atoms with Crippen molar-refractivity contribution in [3.63, 3.8) is 0 Å². The van der Waals surface area contributed by atoms with Gasteiger partial charge in [0.2, 0.25) is 0 Å². The van der Waals surface area contributed by atoms with Crippen molar-refractivity contribution in [2.45, 2.75) is 26.2 Å². The number of hydrogen-bond donors (Lipinski definition) is 1. The predicted octanol–water partition coefficient (Wildman–Crippen LogP) is -0.914. The van der Waals surface area contributed by atoms with Crippen LogP contribution in [0.4, 0.5) is 0 Å². The first-order chi connectivity index (χ1) is 4.91. The molecule has 0 fully saturated rings. The Morgan fingerprint density at radius 2 is 2.17 bits per heavy atom. The minimum absolute atomic E-state index is 0. The second kappa shape index (κ2) is 17.6. The van der Waals surface area contributed by atoms with E-state index in [4.69, 9.17) is 5.11 Å². The van der Waals surface area contributed by atoms with Gasteiger partial charge in [-0.05, 0) is 6.42 Å². The summed E-state index contributed by atoms with van der Waals surface area (Å²) in [6.07, 6.45) is 12.0. The van der Waals surface area contributed by atoms with Gasteiger partial charge in [0.15, 0.2) is 0 Å². The zero-order valence-corrected chi connectivity index (χ0v) is 10.6. The molecule has 3 heteroatoms. The second-order valence-corrected chi connectivity index (χ2v) is 2.08. The minimum Gasteiger partial charge on any atom is -1.00 e. The summed E-state index contributed by atoms with van der Waals surface area (Å²) in [5.74, 6) is 0. The van der Waals surface area contributed by atoms with Crippen LogP contribution in [0.2, 0.25) is 0 Å². The quantitative estimate of drug-likeness (QED) is 0.641. The standard InChI is InChI=1S/C5H5.C4H10O.ClH.Zr/c1-2-4-5-3-1;1-2-3-4-5;;/h1-3H,4H2;5H,2-4H2,1H3;1H;/q-1;;;+2/p-1. The number of aliphatic hydroxyl groups excluding tert-OH is 1. The molecule has 0 saturated heterocycles. The number of rotatable bonds is 2. The minimum atomic E-state index is 0. The van der Waals surface area contributed by atoms with Crippen LogP contribution in [-0.4, -0.2) is 11.7 Å². The topological polar surface area (TPSA) is 20.2 Å². The molecule has 1 nitrogen and oxygen atoms in total. The van der Waals surface area contributed by atoms with Crippen LogP contribution in [-0.2, 0) is 26.2 Å². The van der Waals surface area contributed by atoms with Crippen molar-refractivity contribution in [3.05, 3.63) is 24.3 Å². The van der Waals surface area contributed by atoms with Crippen molar-refractivity contribution in [3.8, 4) is 0 Å². The monoisotopic (exact) mass is 264 g/mol. The van der Waals surface area contributed by atoms with Crippen LogP contribution in [0.5, 0.6) is 0 Å². The van der Waals surface area contributed by atoms with Gasteiger partial charge in [0.1, 0.15) is 0 Å². The number of allylic oxidation sites excluding steroid dienone is 4. The van der Waals surface area contributed by atoms with Gasteiger partial charge < -0.3 is 17.5 Å². The Bertz CT molecular complexity index is 101. The van der Waals surface area contributed by atoms with Gasteiger partial charge in [-0.15, -0.1) is 6.42 Å². The van der Waals surface area contributed by atoms with Gasteiger partial charge in [-0.3, -0.25) is 6.08 Å². The Kier molecular flexibility index (Phi) is 27.0. The summed E-state index contributed by atoms with van der Waals surface area (Å²) in [5, 5.41) is 8.07. The van der Waals surface area contributed by atoms with E-state index in [-0.39, 0.29) is 38.6 Å². The van der Waals surface area contributed by atoms with Gasteiger partial charge in [0.25, 0.3) is 0 Å². The molecular formula is C9H15ClOZr. The number of halogens is 1. The van der Waals surface area contributed by atoms with Crippen molar-refractivity contribution in [2.24, 2.45) is 0 Å². The maximum atomic E-state index is 8.07. The molecule has 1 rings (SSSR count). The first-order valence-electron chi connectivity index (χ1n) is 3.74.